The Bertz CT molecular complexity index is 944. The maximum atomic E-state index is 12.8. The van der Waals surface area contributed by atoms with Gasteiger partial charge in [-0.05, 0) is 31.2 Å². The molecule has 3 heterocycles. The smallest absolute Gasteiger partial charge is 0.311 e. The Kier molecular flexibility index (Phi) is 3.99. The van der Waals surface area contributed by atoms with Crippen molar-refractivity contribution < 1.29 is 13.2 Å². The van der Waals surface area contributed by atoms with E-state index in [4.69, 9.17) is 0 Å². The Morgan fingerprint density at radius 2 is 1.85 bits per heavy atom. The molecule has 1 N–H and O–H groups in total. The molecule has 0 spiro atoms. The minimum absolute atomic E-state index is 0.404. The molecule has 1 aliphatic heterocycles. The molecule has 134 valence electrons. The number of alkyl halides is 3. The van der Waals surface area contributed by atoms with Gasteiger partial charge in [-0.15, -0.1) is 0 Å². The van der Waals surface area contributed by atoms with Crippen molar-refractivity contribution in [3.8, 4) is 22.8 Å². The Labute approximate surface area is 147 Å². The quantitative estimate of drug-likeness (QED) is 0.763. The number of nitrogens with zero attached hydrogens (tertiary/aromatic N) is 4. The molecule has 0 unspecified atom stereocenters. The zero-order chi connectivity index (χ0) is 18.3. The van der Waals surface area contributed by atoms with E-state index in [1.54, 1.807) is 4.68 Å². The van der Waals surface area contributed by atoms with Crippen LogP contribution in [0.1, 0.15) is 16.8 Å². The van der Waals surface area contributed by atoms with Crippen LogP contribution in [0.15, 0.2) is 36.5 Å². The lowest BCUT2D eigenvalue weighted by atomic mass is 10.0. The number of halogens is 3. The van der Waals surface area contributed by atoms with Gasteiger partial charge in [0.05, 0.1) is 17.0 Å². The van der Waals surface area contributed by atoms with E-state index >= 15 is 0 Å². The second-order valence-corrected chi connectivity index (χ2v) is 6.20. The Balaban J connectivity index is 1.82. The van der Waals surface area contributed by atoms with Gasteiger partial charge < -0.3 is 5.32 Å². The Morgan fingerprint density at radius 1 is 1.08 bits per heavy atom. The topological polar surface area (TPSA) is 55.6 Å². The van der Waals surface area contributed by atoms with E-state index in [-0.39, 0.29) is 0 Å². The van der Waals surface area contributed by atoms with Crippen LogP contribution in [0.4, 0.5) is 13.2 Å². The number of hydrogen-bond donors (Lipinski definition) is 1. The number of rotatable bonds is 2. The summed E-state index contributed by atoms with van der Waals surface area (Å²) in [6.45, 7) is 1.43. The van der Waals surface area contributed by atoms with Gasteiger partial charge in [-0.3, -0.25) is 4.68 Å². The molecule has 1 aliphatic rings. The molecule has 26 heavy (non-hydrogen) atoms. The van der Waals surface area contributed by atoms with Crippen molar-refractivity contribution in [3.05, 3.63) is 53.3 Å². The predicted octanol–water partition coefficient (Wildman–Crippen LogP) is 3.21. The Hall–Kier alpha value is -2.74. The molecule has 0 fully saturated rings. The minimum atomic E-state index is -4.36. The van der Waals surface area contributed by atoms with Crippen molar-refractivity contribution in [1.29, 1.82) is 0 Å². The van der Waals surface area contributed by atoms with Crippen LogP contribution in [-0.4, -0.2) is 26.3 Å². The number of benzene rings is 1. The van der Waals surface area contributed by atoms with Crippen LogP contribution in [0.5, 0.6) is 0 Å². The van der Waals surface area contributed by atoms with E-state index in [1.807, 2.05) is 19.3 Å². The molecule has 4 rings (SSSR count). The molecule has 3 aromatic rings. The van der Waals surface area contributed by atoms with Crippen LogP contribution in [-0.2, 0) is 26.2 Å². The van der Waals surface area contributed by atoms with E-state index in [0.717, 1.165) is 47.7 Å². The molecule has 0 saturated heterocycles. The van der Waals surface area contributed by atoms with Crippen molar-refractivity contribution in [2.45, 2.75) is 19.1 Å². The highest BCUT2D eigenvalue weighted by molar-refractivity contribution is 5.65. The third-order valence-electron chi connectivity index (χ3n) is 4.36. The summed E-state index contributed by atoms with van der Waals surface area (Å²) in [6.07, 6.45) is -1.74. The van der Waals surface area contributed by atoms with Gasteiger partial charge in [-0.1, -0.05) is 12.1 Å². The summed E-state index contributed by atoms with van der Waals surface area (Å²) >= 11 is 0. The molecule has 0 atom stereocenters. The van der Waals surface area contributed by atoms with Crippen LogP contribution < -0.4 is 5.32 Å². The first-order chi connectivity index (χ1) is 12.4. The molecule has 0 saturated carbocycles. The van der Waals surface area contributed by atoms with Crippen LogP contribution in [0, 0.1) is 0 Å². The third-order valence-corrected chi connectivity index (χ3v) is 4.36. The van der Waals surface area contributed by atoms with E-state index in [0.29, 0.717) is 17.9 Å². The summed E-state index contributed by atoms with van der Waals surface area (Å²) in [5.74, 6) is 0.404. The first-order valence-electron chi connectivity index (χ1n) is 8.20. The number of fused-ring (bicyclic) bond motifs is 1. The molecular weight excluding hydrogens is 343 g/mol. The standard InChI is InChI=1S/C18H16F3N5/c1-26-9-7-14(25-26)16-13-6-8-22-10-15(13)23-17(24-16)11-2-4-12(5-3-11)18(19,20)21/h2-5,7,9,22H,6,8,10H2,1H3. The first kappa shape index (κ1) is 16.7. The van der Waals surface area contributed by atoms with Crippen LogP contribution in [0.2, 0.25) is 0 Å². The summed E-state index contributed by atoms with van der Waals surface area (Å²) in [5, 5.41) is 7.70. The zero-order valence-electron chi connectivity index (χ0n) is 14.0. The van der Waals surface area contributed by atoms with Crippen molar-refractivity contribution in [2.75, 3.05) is 6.54 Å². The highest BCUT2D eigenvalue weighted by Gasteiger charge is 2.30. The monoisotopic (exact) mass is 359 g/mol. The van der Waals surface area contributed by atoms with Gasteiger partial charge in [-0.2, -0.15) is 18.3 Å². The molecule has 1 aromatic carbocycles. The van der Waals surface area contributed by atoms with Gasteiger partial charge in [0.25, 0.3) is 0 Å². The highest BCUT2D eigenvalue weighted by Crippen LogP contribution is 2.32. The molecule has 2 aromatic heterocycles. The molecule has 5 nitrogen and oxygen atoms in total. The van der Waals surface area contributed by atoms with Crippen LogP contribution in [0.25, 0.3) is 22.8 Å². The lowest BCUT2D eigenvalue weighted by Gasteiger charge is -2.19. The van der Waals surface area contributed by atoms with Crippen LogP contribution in [0.3, 0.4) is 0 Å². The largest absolute Gasteiger partial charge is 0.416 e. The maximum Gasteiger partial charge on any atom is 0.416 e. The van der Waals surface area contributed by atoms with E-state index in [1.165, 1.54) is 12.1 Å². The zero-order valence-corrected chi connectivity index (χ0v) is 14.0. The van der Waals surface area contributed by atoms with Crippen molar-refractivity contribution in [2.24, 2.45) is 7.05 Å². The number of hydrogen-bond acceptors (Lipinski definition) is 4. The fraction of sp³-hybridized carbons (Fsp3) is 0.278. The summed E-state index contributed by atoms with van der Waals surface area (Å²) in [6, 6.07) is 6.79. The molecule has 8 heteroatoms. The molecule has 0 amide bonds. The van der Waals surface area contributed by atoms with Crippen molar-refractivity contribution in [1.82, 2.24) is 25.1 Å². The minimum Gasteiger partial charge on any atom is -0.311 e. The summed E-state index contributed by atoms with van der Waals surface area (Å²) in [5.41, 5.74) is 3.24. The third kappa shape index (κ3) is 3.08. The van der Waals surface area contributed by atoms with Crippen molar-refractivity contribution >= 4 is 0 Å². The maximum absolute atomic E-state index is 12.8. The summed E-state index contributed by atoms with van der Waals surface area (Å²) in [4.78, 5) is 9.21. The van der Waals surface area contributed by atoms with Gasteiger partial charge >= 0.3 is 6.18 Å². The van der Waals surface area contributed by atoms with E-state index in [2.05, 4.69) is 20.4 Å². The van der Waals surface area contributed by atoms with E-state index in [9.17, 15) is 13.2 Å². The number of aryl methyl sites for hydroxylation is 1. The fourth-order valence-electron chi connectivity index (χ4n) is 3.05. The second kappa shape index (κ2) is 6.21. The normalized spacial score (nSPS) is 14.3. The first-order valence-corrected chi connectivity index (χ1v) is 8.20. The molecular formula is C18H16F3N5. The molecule has 0 radical (unpaired) electrons. The van der Waals surface area contributed by atoms with Gasteiger partial charge in [0.1, 0.15) is 5.69 Å². The van der Waals surface area contributed by atoms with Crippen molar-refractivity contribution in [3.63, 3.8) is 0 Å². The number of aromatic nitrogens is 4. The van der Waals surface area contributed by atoms with E-state index < -0.39 is 11.7 Å². The highest BCUT2D eigenvalue weighted by atomic mass is 19.4. The summed E-state index contributed by atoms with van der Waals surface area (Å²) < 4.78 is 40.1. The predicted molar refractivity (Wildman–Crippen MR) is 90.1 cm³/mol. The number of nitrogens with one attached hydrogen (secondary N) is 1. The second-order valence-electron chi connectivity index (χ2n) is 6.20. The average Bonchev–Trinajstić information content (AvgIpc) is 3.06. The summed E-state index contributed by atoms with van der Waals surface area (Å²) in [7, 11) is 1.83. The average molecular weight is 359 g/mol. The molecule has 0 bridgehead atoms. The van der Waals surface area contributed by atoms with Gasteiger partial charge in [0, 0.05) is 30.9 Å². The SMILES string of the molecule is Cn1ccc(-c2nc(-c3ccc(C(F)(F)F)cc3)nc3c2CCNC3)n1. The lowest BCUT2D eigenvalue weighted by Crippen LogP contribution is -2.26. The van der Waals surface area contributed by atoms with Crippen LogP contribution >= 0.6 is 0 Å². The van der Waals surface area contributed by atoms with Gasteiger partial charge in [0.15, 0.2) is 5.82 Å². The fourth-order valence-corrected chi connectivity index (χ4v) is 3.05. The lowest BCUT2D eigenvalue weighted by molar-refractivity contribution is -0.137. The van der Waals surface area contributed by atoms with Gasteiger partial charge in [-0.25, -0.2) is 9.97 Å². The molecule has 0 aliphatic carbocycles. The van der Waals surface area contributed by atoms with Gasteiger partial charge in [0.2, 0.25) is 0 Å². The Morgan fingerprint density at radius 3 is 2.50 bits per heavy atom.